The molecule has 160 valence electrons. The Hall–Kier alpha value is -2.97. The fraction of sp³-hybridized carbons (Fsp3) is 0.238. The molecule has 2 heterocycles. The molecule has 0 saturated heterocycles. The Kier molecular flexibility index (Phi) is 5.93. The Bertz CT molecular complexity index is 1180. The Morgan fingerprint density at radius 2 is 1.87 bits per heavy atom. The van der Waals surface area contributed by atoms with Gasteiger partial charge in [-0.3, -0.25) is 19.0 Å². The van der Waals surface area contributed by atoms with Gasteiger partial charge in [-0.05, 0) is 37.1 Å². The SMILES string of the molecule is O=C(NCCF)c1cc(Cl)c(C(=O)n2ccc3c(NC(=O)C4CC4)nccc32)c(Cl)c1. The Balaban J connectivity index is 1.66. The molecule has 1 aliphatic carbocycles. The van der Waals surface area contributed by atoms with E-state index in [1.54, 1.807) is 12.1 Å². The summed E-state index contributed by atoms with van der Waals surface area (Å²) in [5.41, 5.74) is 0.651. The van der Waals surface area contributed by atoms with Crippen LogP contribution in [0.5, 0.6) is 0 Å². The van der Waals surface area contributed by atoms with Crippen molar-refractivity contribution in [2.45, 2.75) is 12.8 Å². The van der Waals surface area contributed by atoms with Gasteiger partial charge in [0.2, 0.25) is 5.91 Å². The minimum Gasteiger partial charge on any atom is -0.349 e. The molecule has 4 rings (SSSR count). The van der Waals surface area contributed by atoms with Gasteiger partial charge in [0.1, 0.15) is 12.5 Å². The second kappa shape index (κ2) is 8.64. The molecule has 0 unspecified atom stereocenters. The van der Waals surface area contributed by atoms with Crippen LogP contribution < -0.4 is 10.6 Å². The fourth-order valence-electron chi connectivity index (χ4n) is 3.20. The van der Waals surface area contributed by atoms with Crippen LogP contribution in [0.25, 0.3) is 10.9 Å². The highest BCUT2D eigenvalue weighted by Crippen LogP contribution is 2.32. The molecule has 0 atom stereocenters. The largest absolute Gasteiger partial charge is 0.349 e. The standard InChI is InChI=1S/C21H17Cl2FN4O3/c22-14-9-12(19(29)26-7-5-24)10-15(23)17(14)21(31)28-8-4-13-16(28)3-6-25-18(13)27-20(30)11-1-2-11/h3-4,6,8-11H,1-2,5,7H2,(H,26,29)(H,25,27,30). The molecule has 1 fully saturated rings. The van der Waals surface area contributed by atoms with Crippen LogP contribution >= 0.6 is 23.2 Å². The first-order chi connectivity index (χ1) is 14.9. The molecule has 3 aromatic rings. The average molecular weight is 463 g/mol. The molecule has 2 amide bonds. The summed E-state index contributed by atoms with van der Waals surface area (Å²) in [5, 5.41) is 5.75. The summed E-state index contributed by atoms with van der Waals surface area (Å²) in [7, 11) is 0. The van der Waals surface area contributed by atoms with E-state index in [-0.39, 0.29) is 39.5 Å². The maximum Gasteiger partial charge on any atom is 0.265 e. The Morgan fingerprint density at radius 1 is 1.16 bits per heavy atom. The van der Waals surface area contributed by atoms with Crippen LogP contribution in [0.2, 0.25) is 10.0 Å². The first-order valence-electron chi connectivity index (χ1n) is 9.55. The summed E-state index contributed by atoms with van der Waals surface area (Å²) in [6.45, 7) is -0.847. The average Bonchev–Trinajstić information content (AvgIpc) is 3.50. The zero-order chi connectivity index (χ0) is 22.1. The van der Waals surface area contributed by atoms with Crippen molar-refractivity contribution < 1.29 is 18.8 Å². The summed E-state index contributed by atoms with van der Waals surface area (Å²) in [6.07, 6.45) is 4.76. The maximum atomic E-state index is 13.2. The Morgan fingerprint density at radius 3 is 2.52 bits per heavy atom. The number of rotatable bonds is 6. The topological polar surface area (TPSA) is 93.1 Å². The van der Waals surface area contributed by atoms with Crippen LogP contribution in [-0.2, 0) is 4.79 Å². The van der Waals surface area contributed by atoms with E-state index in [0.29, 0.717) is 16.7 Å². The van der Waals surface area contributed by atoms with Gasteiger partial charge in [-0.25, -0.2) is 9.37 Å². The Labute approximate surface area is 186 Å². The van der Waals surface area contributed by atoms with E-state index < -0.39 is 18.5 Å². The van der Waals surface area contributed by atoms with Gasteiger partial charge in [0.25, 0.3) is 11.8 Å². The lowest BCUT2D eigenvalue weighted by atomic mass is 10.1. The smallest absolute Gasteiger partial charge is 0.265 e. The van der Waals surface area contributed by atoms with E-state index in [0.717, 1.165) is 12.8 Å². The number of aromatic nitrogens is 2. The lowest BCUT2D eigenvalue weighted by molar-refractivity contribution is -0.117. The van der Waals surface area contributed by atoms with Crippen molar-refractivity contribution in [2.24, 2.45) is 5.92 Å². The number of halogens is 3. The van der Waals surface area contributed by atoms with E-state index >= 15 is 0 Å². The zero-order valence-electron chi connectivity index (χ0n) is 16.1. The van der Waals surface area contributed by atoms with E-state index in [9.17, 15) is 18.8 Å². The number of hydrogen-bond acceptors (Lipinski definition) is 4. The molecule has 7 nitrogen and oxygen atoms in total. The number of nitrogens with zero attached hydrogens (tertiary/aromatic N) is 2. The van der Waals surface area contributed by atoms with E-state index in [2.05, 4.69) is 15.6 Å². The number of nitrogens with one attached hydrogen (secondary N) is 2. The maximum absolute atomic E-state index is 13.2. The molecule has 0 radical (unpaired) electrons. The third kappa shape index (κ3) is 4.26. The summed E-state index contributed by atoms with van der Waals surface area (Å²) in [4.78, 5) is 41.6. The van der Waals surface area contributed by atoms with Crippen LogP contribution in [0.4, 0.5) is 10.2 Å². The monoisotopic (exact) mass is 462 g/mol. The van der Waals surface area contributed by atoms with Crippen LogP contribution in [0.15, 0.2) is 36.7 Å². The molecular formula is C21H17Cl2FN4O3. The van der Waals surface area contributed by atoms with Gasteiger partial charge in [-0.1, -0.05) is 23.2 Å². The van der Waals surface area contributed by atoms with Crippen molar-refractivity contribution in [3.8, 4) is 0 Å². The van der Waals surface area contributed by atoms with Gasteiger partial charge in [-0.2, -0.15) is 0 Å². The van der Waals surface area contributed by atoms with Crippen LogP contribution in [0.1, 0.15) is 33.6 Å². The number of pyridine rings is 1. The quantitative estimate of drug-likeness (QED) is 0.576. The van der Waals surface area contributed by atoms with Gasteiger partial charge in [-0.15, -0.1) is 0 Å². The minimum atomic E-state index is -0.706. The fourth-order valence-corrected chi connectivity index (χ4v) is 3.85. The predicted molar refractivity (Wildman–Crippen MR) is 116 cm³/mol. The van der Waals surface area contributed by atoms with E-state index in [1.165, 1.54) is 29.1 Å². The highest BCUT2D eigenvalue weighted by Gasteiger charge is 2.30. The molecule has 0 bridgehead atoms. The van der Waals surface area contributed by atoms with Gasteiger partial charge >= 0.3 is 0 Å². The molecule has 2 aromatic heterocycles. The van der Waals surface area contributed by atoms with Crippen molar-refractivity contribution in [3.63, 3.8) is 0 Å². The summed E-state index contributed by atoms with van der Waals surface area (Å²) in [6, 6.07) is 5.93. The molecule has 1 aromatic carbocycles. The molecule has 1 aliphatic rings. The number of alkyl halides is 1. The minimum absolute atomic E-state index is 0.0129. The highest BCUT2D eigenvalue weighted by atomic mass is 35.5. The van der Waals surface area contributed by atoms with Crippen molar-refractivity contribution >= 4 is 57.6 Å². The first kappa shape index (κ1) is 21.3. The summed E-state index contributed by atoms with van der Waals surface area (Å²) < 4.78 is 13.6. The molecule has 0 aliphatic heterocycles. The number of carbonyl (C=O) groups is 3. The van der Waals surface area contributed by atoms with Crippen molar-refractivity contribution in [3.05, 3.63) is 57.8 Å². The number of fused-ring (bicyclic) bond motifs is 1. The second-order valence-corrected chi connectivity index (χ2v) is 7.92. The van der Waals surface area contributed by atoms with Crippen LogP contribution in [0.3, 0.4) is 0 Å². The molecule has 2 N–H and O–H groups in total. The lowest BCUT2D eigenvalue weighted by Gasteiger charge is -2.11. The van der Waals surface area contributed by atoms with Gasteiger partial charge in [0.05, 0.1) is 21.1 Å². The predicted octanol–water partition coefficient (Wildman–Crippen LogP) is 4.08. The first-order valence-corrected chi connectivity index (χ1v) is 10.3. The van der Waals surface area contributed by atoms with Crippen LogP contribution in [-0.4, -0.2) is 40.5 Å². The number of hydrogen-bond donors (Lipinski definition) is 2. The van der Waals surface area contributed by atoms with Crippen molar-refractivity contribution in [1.82, 2.24) is 14.9 Å². The van der Waals surface area contributed by atoms with Gasteiger partial charge < -0.3 is 10.6 Å². The number of carbonyl (C=O) groups excluding carboxylic acids is 3. The second-order valence-electron chi connectivity index (χ2n) is 7.11. The third-order valence-electron chi connectivity index (χ3n) is 4.92. The normalized spacial score (nSPS) is 13.3. The van der Waals surface area contributed by atoms with E-state index in [4.69, 9.17) is 23.2 Å². The number of anilines is 1. The van der Waals surface area contributed by atoms with Crippen molar-refractivity contribution in [1.29, 1.82) is 0 Å². The van der Waals surface area contributed by atoms with Crippen LogP contribution in [0, 0.1) is 5.92 Å². The summed E-state index contributed by atoms with van der Waals surface area (Å²) >= 11 is 12.6. The number of amides is 2. The molecule has 0 spiro atoms. The molecule has 10 heteroatoms. The molecular weight excluding hydrogens is 446 g/mol. The molecule has 31 heavy (non-hydrogen) atoms. The van der Waals surface area contributed by atoms with Gasteiger partial charge in [0.15, 0.2) is 0 Å². The molecule has 1 saturated carbocycles. The van der Waals surface area contributed by atoms with Gasteiger partial charge in [0, 0.05) is 35.8 Å². The number of benzene rings is 1. The summed E-state index contributed by atoms with van der Waals surface area (Å²) in [5.74, 6) is -0.760. The van der Waals surface area contributed by atoms with Crippen molar-refractivity contribution in [2.75, 3.05) is 18.5 Å². The highest BCUT2D eigenvalue weighted by molar-refractivity contribution is 6.40. The zero-order valence-corrected chi connectivity index (χ0v) is 17.6. The van der Waals surface area contributed by atoms with E-state index in [1.807, 2.05) is 0 Å². The lowest BCUT2D eigenvalue weighted by Crippen LogP contribution is -2.25. The third-order valence-corrected chi connectivity index (χ3v) is 5.52.